The second kappa shape index (κ2) is 4.97. The molecule has 1 heterocycles. The first-order valence-electron chi connectivity index (χ1n) is 6.37. The number of carboxylic acids is 1. The van der Waals surface area contributed by atoms with Gasteiger partial charge in [-0.25, -0.2) is 9.78 Å². The Morgan fingerprint density at radius 1 is 1.50 bits per heavy atom. The molecule has 1 saturated carbocycles. The topological polar surface area (TPSA) is 59.4 Å². The molecule has 5 heteroatoms. The molecule has 1 aromatic heterocycles. The van der Waals surface area contributed by atoms with Crippen molar-refractivity contribution in [1.82, 2.24) is 4.98 Å². The van der Waals surface area contributed by atoms with Gasteiger partial charge in [-0.1, -0.05) is 13.8 Å². The molecular formula is C13H19NO3S. The quantitative estimate of drug-likeness (QED) is 0.860. The number of ether oxygens (including phenoxy) is 1. The van der Waals surface area contributed by atoms with Gasteiger partial charge in [0.1, 0.15) is 15.5 Å². The highest BCUT2D eigenvalue weighted by Gasteiger charge is 2.38. The molecule has 1 aliphatic carbocycles. The van der Waals surface area contributed by atoms with Gasteiger partial charge in [-0.2, -0.15) is 0 Å². The molecule has 0 saturated heterocycles. The fourth-order valence-corrected chi connectivity index (χ4v) is 3.54. The van der Waals surface area contributed by atoms with Gasteiger partial charge in [0.25, 0.3) is 0 Å². The second-order valence-corrected chi connectivity index (χ2v) is 5.72. The number of aromatic carboxylic acids is 1. The first-order chi connectivity index (χ1) is 8.57. The van der Waals surface area contributed by atoms with Crippen molar-refractivity contribution in [1.29, 1.82) is 0 Å². The lowest BCUT2D eigenvalue weighted by molar-refractivity contribution is -0.0219. The summed E-state index contributed by atoms with van der Waals surface area (Å²) in [5.41, 5.74) is 0.341. The lowest BCUT2D eigenvalue weighted by Crippen LogP contribution is -2.26. The van der Waals surface area contributed by atoms with E-state index in [0.29, 0.717) is 10.8 Å². The number of hydrogen-bond acceptors (Lipinski definition) is 4. The zero-order valence-electron chi connectivity index (χ0n) is 11.0. The highest BCUT2D eigenvalue weighted by Crippen LogP contribution is 2.45. The van der Waals surface area contributed by atoms with E-state index in [0.717, 1.165) is 36.4 Å². The zero-order chi connectivity index (χ0) is 13.3. The summed E-state index contributed by atoms with van der Waals surface area (Å²) in [5, 5.41) is 10.1. The molecule has 0 atom stereocenters. The number of carbonyl (C=O) groups is 1. The molecule has 0 aliphatic heterocycles. The zero-order valence-corrected chi connectivity index (χ0v) is 11.8. The van der Waals surface area contributed by atoms with Crippen LogP contribution in [0, 0.1) is 0 Å². The highest BCUT2D eigenvalue weighted by atomic mass is 32.1. The molecule has 1 aromatic rings. The monoisotopic (exact) mass is 269 g/mol. The molecule has 1 aliphatic rings. The van der Waals surface area contributed by atoms with E-state index in [1.807, 2.05) is 13.8 Å². The average molecular weight is 269 g/mol. The molecule has 0 spiro atoms. The number of nitrogens with zero attached hydrogens (tertiary/aromatic N) is 1. The fraction of sp³-hybridized carbons (Fsp3) is 0.692. The van der Waals surface area contributed by atoms with Crippen LogP contribution >= 0.6 is 11.3 Å². The normalized spacial score (nSPS) is 15.9. The van der Waals surface area contributed by atoms with Crippen molar-refractivity contribution in [3.05, 3.63) is 15.6 Å². The van der Waals surface area contributed by atoms with Crippen LogP contribution in [0.3, 0.4) is 0 Å². The summed E-state index contributed by atoms with van der Waals surface area (Å²) in [6.45, 7) is 4.09. The number of hydrogen-bond donors (Lipinski definition) is 1. The minimum atomic E-state index is -0.863. The van der Waals surface area contributed by atoms with E-state index >= 15 is 0 Å². The van der Waals surface area contributed by atoms with Gasteiger partial charge in [0, 0.05) is 13.0 Å². The molecule has 0 radical (unpaired) electrons. The maximum absolute atomic E-state index is 11.3. The maximum atomic E-state index is 11.3. The van der Waals surface area contributed by atoms with Crippen LogP contribution in [0.4, 0.5) is 0 Å². The Balaban J connectivity index is 2.45. The van der Waals surface area contributed by atoms with Crippen molar-refractivity contribution in [2.45, 2.75) is 51.0 Å². The minimum Gasteiger partial charge on any atom is -0.477 e. The average Bonchev–Trinajstić information content (AvgIpc) is 3.12. The van der Waals surface area contributed by atoms with Crippen molar-refractivity contribution in [3.63, 3.8) is 0 Å². The molecule has 2 rings (SSSR count). The van der Waals surface area contributed by atoms with Crippen molar-refractivity contribution in [3.8, 4) is 0 Å². The molecule has 1 N–H and O–H groups in total. The van der Waals surface area contributed by atoms with Crippen LogP contribution in [0.2, 0.25) is 0 Å². The fourth-order valence-electron chi connectivity index (χ4n) is 2.24. The van der Waals surface area contributed by atoms with Crippen LogP contribution in [-0.4, -0.2) is 23.2 Å². The molecule has 4 nitrogen and oxygen atoms in total. The third-order valence-electron chi connectivity index (χ3n) is 3.73. The summed E-state index contributed by atoms with van der Waals surface area (Å²) in [5.74, 6) is -0.512. The van der Waals surface area contributed by atoms with Crippen LogP contribution in [0.1, 0.15) is 65.8 Å². The Morgan fingerprint density at radius 2 is 2.11 bits per heavy atom. The Morgan fingerprint density at radius 3 is 2.50 bits per heavy atom. The summed E-state index contributed by atoms with van der Waals surface area (Å²) in [6, 6.07) is 0. The van der Waals surface area contributed by atoms with E-state index < -0.39 is 11.6 Å². The molecule has 0 unspecified atom stereocenters. The van der Waals surface area contributed by atoms with Crippen LogP contribution in [0.15, 0.2) is 0 Å². The number of aromatic nitrogens is 1. The van der Waals surface area contributed by atoms with Crippen LogP contribution in [0.25, 0.3) is 0 Å². The summed E-state index contributed by atoms with van der Waals surface area (Å²) >= 11 is 1.28. The largest absolute Gasteiger partial charge is 0.477 e. The Hall–Kier alpha value is -0.940. The summed E-state index contributed by atoms with van der Waals surface area (Å²) in [4.78, 5) is 16.3. The van der Waals surface area contributed by atoms with Gasteiger partial charge in [-0.05, 0) is 25.7 Å². The third-order valence-corrected chi connectivity index (χ3v) is 4.98. The van der Waals surface area contributed by atoms with E-state index in [1.54, 1.807) is 7.11 Å². The highest BCUT2D eigenvalue weighted by molar-refractivity contribution is 7.13. The Bertz CT molecular complexity index is 439. The van der Waals surface area contributed by atoms with Crippen LogP contribution in [0.5, 0.6) is 0 Å². The summed E-state index contributed by atoms with van der Waals surface area (Å²) in [7, 11) is 1.67. The van der Waals surface area contributed by atoms with Gasteiger partial charge in [-0.15, -0.1) is 11.3 Å². The van der Waals surface area contributed by atoms with Gasteiger partial charge < -0.3 is 9.84 Å². The molecular weight excluding hydrogens is 250 g/mol. The van der Waals surface area contributed by atoms with Crippen LogP contribution < -0.4 is 0 Å². The third kappa shape index (κ3) is 2.17. The lowest BCUT2D eigenvalue weighted by atomic mass is 9.98. The van der Waals surface area contributed by atoms with Gasteiger partial charge >= 0.3 is 5.97 Å². The van der Waals surface area contributed by atoms with E-state index in [2.05, 4.69) is 4.98 Å². The van der Waals surface area contributed by atoms with E-state index in [1.165, 1.54) is 11.3 Å². The van der Waals surface area contributed by atoms with E-state index in [-0.39, 0.29) is 0 Å². The smallest absolute Gasteiger partial charge is 0.347 e. The lowest BCUT2D eigenvalue weighted by Gasteiger charge is -2.27. The van der Waals surface area contributed by atoms with Crippen molar-refractivity contribution in [2.75, 3.05) is 7.11 Å². The predicted octanol–water partition coefficient (Wildman–Crippen LogP) is 3.38. The number of rotatable bonds is 6. The van der Waals surface area contributed by atoms with Gasteiger partial charge in [0.15, 0.2) is 0 Å². The maximum Gasteiger partial charge on any atom is 0.347 e. The van der Waals surface area contributed by atoms with E-state index in [4.69, 9.17) is 4.74 Å². The number of carboxylic acid groups (broad SMARTS) is 1. The SMILES string of the molecule is CCC(CC)(OC)c1nc(C2CC2)c(C(=O)O)s1. The number of thiazole rings is 1. The molecule has 0 aromatic carbocycles. The Kier molecular flexibility index (Phi) is 3.73. The van der Waals surface area contributed by atoms with Crippen LogP contribution in [-0.2, 0) is 10.3 Å². The summed E-state index contributed by atoms with van der Waals surface area (Å²) < 4.78 is 5.63. The standard InChI is InChI=1S/C13H19NO3S/c1-4-13(5-2,17-3)12-14-9(8-6-7-8)10(18-12)11(15)16/h8H,4-7H2,1-3H3,(H,15,16). The van der Waals surface area contributed by atoms with Gasteiger partial charge in [0.2, 0.25) is 0 Å². The minimum absolute atomic E-state index is 0.351. The molecule has 0 amide bonds. The van der Waals surface area contributed by atoms with Crippen molar-refractivity contribution in [2.24, 2.45) is 0 Å². The predicted molar refractivity (Wildman–Crippen MR) is 70.3 cm³/mol. The molecule has 18 heavy (non-hydrogen) atoms. The first-order valence-corrected chi connectivity index (χ1v) is 7.19. The second-order valence-electron chi connectivity index (χ2n) is 4.72. The van der Waals surface area contributed by atoms with Gasteiger partial charge in [-0.3, -0.25) is 0 Å². The molecule has 100 valence electrons. The Labute approximate surface area is 111 Å². The molecule has 0 bridgehead atoms. The van der Waals surface area contributed by atoms with E-state index in [9.17, 15) is 9.90 Å². The summed E-state index contributed by atoms with van der Waals surface area (Å²) in [6.07, 6.45) is 3.72. The first kappa shape index (κ1) is 13.5. The van der Waals surface area contributed by atoms with Crippen molar-refractivity contribution >= 4 is 17.3 Å². The van der Waals surface area contributed by atoms with Gasteiger partial charge in [0.05, 0.1) is 5.69 Å². The number of methoxy groups -OCH3 is 1. The molecule has 1 fully saturated rings. The van der Waals surface area contributed by atoms with Crippen molar-refractivity contribution < 1.29 is 14.6 Å².